The van der Waals surface area contributed by atoms with Gasteiger partial charge in [0.25, 0.3) is 0 Å². The lowest BCUT2D eigenvalue weighted by Crippen LogP contribution is -2.07. The number of aliphatic hydroxyl groups excluding tert-OH is 1. The molecule has 132 valence electrons. The largest absolute Gasteiger partial charge is 0.504 e. The molecule has 4 bridgehead atoms. The number of phenolic OH excluding ortho intramolecular Hbond substituents is 1. The molecule has 4 rings (SSSR count). The number of Topliss-reactive ketones (excluding diaryl/α,β-unsaturated/α-hetero) is 1. The summed E-state index contributed by atoms with van der Waals surface area (Å²) in [5.74, 6) is 1.26. The maximum absolute atomic E-state index is 12.1. The van der Waals surface area contributed by atoms with Crippen LogP contribution in [0.5, 0.6) is 23.0 Å². The summed E-state index contributed by atoms with van der Waals surface area (Å²) in [5.41, 5.74) is 1.64. The summed E-state index contributed by atoms with van der Waals surface area (Å²) in [6.45, 7) is 0. The predicted molar refractivity (Wildman–Crippen MR) is 93.3 cm³/mol. The molecule has 25 heavy (non-hydrogen) atoms. The highest BCUT2D eigenvalue weighted by Gasteiger charge is 2.17. The van der Waals surface area contributed by atoms with E-state index in [0.717, 1.165) is 24.8 Å². The van der Waals surface area contributed by atoms with Crippen LogP contribution in [0, 0.1) is 0 Å². The second-order valence-electron chi connectivity index (χ2n) is 6.28. The molecule has 0 saturated heterocycles. The fourth-order valence-electron chi connectivity index (χ4n) is 2.98. The third-order valence-electron chi connectivity index (χ3n) is 4.41. The molecule has 2 N–H and O–H groups in total. The lowest BCUT2D eigenvalue weighted by molar-refractivity contribution is -0.121. The van der Waals surface area contributed by atoms with E-state index in [1.54, 1.807) is 19.2 Å². The molecule has 2 aliphatic heterocycles. The zero-order chi connectivity index (χ0) is 17.8. The summed E-state index contributed by atoms with van der Waals surface area (Å²) >= 11 is 0. The SMILES string of the molecule is COc1cc2ccc1Oc1cc(ccc1O)[C@H](O)CC(=O)CCCC2. The fourth-order valence-corrected chi connectivity index (χ4v) is 2.98. The van der Waals surface area contributed by atoms with Crippen LogP contribution in [0.1, 0.15) is 42.9 Å². The minimum absolute atomic E-state index is 0.0326. The number of aryl methyl sites for hydroxylation is 1. The first-order valence-corrected chi connectivity index (χ1v) is 8.44. The lowest BCUT2D eigenvalue weighted by atomic mass is 10.00. The molecule has 2 aromatic carbocycles. The highest BCUT2D eigenvalue weighted by atomic mass is 16.5. The summed E-state index contributed by atoms with van der Waals surface area (Å²) in [6.07, 6.45) is 2.12. The molecule has 0 aromatic heterocycles. The van der Waals surface area contributed by atoms with Crippen LogP contribution in [0.4, 0.5) is 0 Å². The Hall–Kier alpha value is -2.53. The molecule has 0 spiro atoms. The van der Waals surface area contributed by atoms with E-state index in [9.17, 15) is 15.0 Å². The monoisotopic (exact) mass is 342 g/mol. The third kappa shape index (κ3) is 4.12. The van der Waals surface area contributed by atoms with E-state index in [-0.39, 0.29) is 23.7 Å². The highest BCUT2D eigenvalue weighted by Crippen LogP contribution is 2.38. The first-order chi connectivity index (χ1) is 12.1. The predicted octanol–water partition coefficient (Wildman–Crippen LogP) is 3.91. The molecule has 2 aromatic rings. The number of aromatic hydroxyl groups is 1. The summed E-state index contributed by atoms with van der Waals surface area (Å²) in [7, 11) is 1.57. The number of hydrogen-bond acceptors (Lipinski definition) is 5. The summed E-state index contributed by atoms with van der Waals surface area (Å²) < 4.78 is 11.2. The Kier molecular flexibility index (Phi) is 5.24. The molecule has 0 aliphatic carbocycles. The average Bonchev–Trinajstić information content (AvgIpc) is 2.61. The molecule has 0 amide bonds. The van der Waals surface area contributed by atoms with Crippen LogP contribution in [0.25, 0.3) is 0 Å². The van der Waals surface area contributed by atoms with E-state index < -0.39 is 6.10 Å². The molecule has 5 nitrogen and oxygen atoms in total. The normalized spacial score (nSPS) is 18.2. The maximum atomic E-state index is 12.1. The van der Waals surface area contributed by atoms with Gasteiger partial charge < -0.3 is 19.7 Å². The van der Waals surface area contributed by atoms with Gasteiger partial charge in [0.2, 0.25) is 0 Å². The molecule has 1 atom stereocenters. The molecular formula is C20H22O5. The standard InChI is InChI=1S/C20H22O5/c1-24-20-10-13-4-2-3-5-15(21)12-17(23)14-7-8-16(22)19(11-14)25-18(20)9-6-13/h6-11,17,22-23H,2-5,12H2,1H3/t17-/m1/s1. The van der Waals surface area contributed by atoms with Gasteiger partial charge in [0, 0.05) is 12.8 Å². The quantitative estimate of drug-likeness (QED) is 0.822. The Morgan fingerprint density at radius 1 is 1.08 bits per heavy atom. The highest BCUT2D eigenvalue weighted by molar-refractivity contribution is 5.79. The van der Waals surface area contributed by atoms with Gasteiger partial charge in [-0.3, -0.25) is 4.79 Å². The number of ketones is 1. The Morgan fingerprint density at radius 3 is 2.68 bits per heavy atom. The van der Waals surface area contributed by atoms with E-state index in [0.29, 0.717) is 23.5 Å². The van der Waals surface area contributed by atoms with Gasteiger partial charge in [-0.15, -0.1) is 0 Å². The van der Waals surface area contributed by atoms with Crippen molar-refractivity contribution in [3.63, 3.8) is 0 Å². The van der Waals surface area contributed by atoms with Crippen molar-refractivity contribution >= 4 is 5.78 Å². The van der Waals surface area contributed by atoms with Gasteiger partial charge in [-0.2, -0.15) is 0 Å². The Bertz CT molecular complexity index is 769. The number of hydrogen-bond donors (Lipinski definition) is 2. The van der Waals surface area contributed by atoms with Crippen molar-refractivity contribution in [1.29, 1.82) is 0 Å². The number of methoxy groups -OCH3 is 1. The average molecular weight is 342 g/mol. The van der Waals surface area contributed by atoms with E-state index >= 15 is 0 Å². The summed E-state index contributed by atoms with van der Waals surface area (Å²) in [4.78, 5) is 12.1. The zero-order valence-corrected chi connectivity index (χ0v) is 14.2. The van der Waals surface area contributed by atoms with Crippen LogP contribution in [-0.4, -0.2) is 23.1 Å². The first-order valence-electron chi connectivity index (χ1n) is 8.44. The second kappa shape index (κ2) is 7.57. The molecule has 0 fully saturated rings. The summed E-state index contributed by atoms with van der Waals surface area (Å²) in [6, 6.07) is 10.3. The van der Waals surface area contributed by atoms with Crippen LogP contribution < -0.4 is 9.47 Å². The fraction of sp³-hybridized carbons (Fsp3) is 0.350. The molecular weight excluding hydrogens is 320 g/mol. The van der Waals surface area contributed by atoms with Gasteiger partial charge in [-0.1, -0.05) is 12.1 Å². The van der Waals surface area contributed by atoms with Crippen LogP contribution in [0.2, 0.25) is 0 Å². The number of phenols is 1. The lowest BCUT2D eigenvalue weighted by Gasteiger charge is -2.15. The van der Waals surface area contributed by atoms with Crippen LogP contribution in [0.15, 0.2) is 36.4 Å². The number of benzene rings is 2. The van der Waals surface area contributed by atoms with Gasteiger partial charge in [0.15, 0.2) is 23.0 Å². The van der Waals surface area contributed by atoms with Crippen LogP contribution in [-0.2, 0) is 11.2 Å². The van der Waals surface area contributed by atoms with Crippen molar-refractivity contribution in [2.45, 2.75) is 38.2 Å². The van der Waals surface area contributed by atoms with Gasteiger partial charge in [-0.25, -0.2) is 0 Å². The number of rotatable bonds is 1. The number of carbonyl (C=O) groups is 1. The molecule has 0 saturated carbocycles. The van der Waals surface area contributed by atoms with Gasteiger partial charge in [0.1, 0.15) is 5.78 Å². The minimum Gasteiger partial charge on any atom is -0.504 e. The first kappa shape index (κ1) is 17.3. The van der Waals surface area contributed by atoms with Crippen LogP contribution >= 0.6 is 0 Å². The molecule has 2 heterocycles. The maximum Gasteiger partial charge on any atom is 0.169 e. The molecule has 0 radical (unpaired) electrons. The summed E-state index contributed by atoms with van der Waals surface area (Å²) in [5, 5.41) is 20.4. The van der Waals surface area contributed by atoms with Crippen molar-refractivity contribution in [2.24, 2.45) is 0 Å². The van der Waals surface area contributed by atoms with Crippen molar-refractivity contribution in [3.8, 4) is 23.0 Å². The van der Waals surface area contributed by atoms with E-state index in [4.69, 9.17) is 9.47 Å². The molecule has 0 unspecified atom stereocenters. The molecule has 2 aliphatic rings. The Labute approximate surface area is 146 Å². The zero-order valence-electron chi connectivity index (χ0n) is 14.2. The smallest absolute Gasteiger partial charge is 0.169 e. The van der Waals surface area contributed by atoms with Crippen molar-refractivity contribution in [2.75, 3.05) is 7.11 Å². The minimum atomic E-state index is -0.913. The number of aliphatic hydroxyl groups is 1. The van der Waals surface area contributed by atoms with Gasteiger partial charge >= 0.3 is 0 Å². The Balaban J connectivity index is 2.01. The van der Waals surface area contributed by atoms with E-state index in [2.05, 4.69) is 0 Å². The Morgan fingerprint density at radius 2 is 1.88 bits per heavy atom. The molecule has 5 heteroatoms. The van der Waals surface area contributed by atoms with E-state index in [1.165, 1.54) is 6.07 Å². The van der Waals surface area contributed by atoms with Crippen molar-refractivity contribution in [1.82, 2.24) is 0 Å². The number of carbonyl (C=O) groups excluding carboxylic acids is 1. The second-order valence-corrected chi connectivity index (χ2v) is 6.28. The van der Waals surface area contributed by atoms with Crippen molar-refractivity contribution in [3.05, 3.63) is 47.5 Å². The van der Waals surface area contributed by atoms with Gasteiger partial charge in [0.05, 0.1) is 13.2 Å². The van der Waals surface area contributed by atoms with Crippen LogP contribution in [0.3, 0.4) is 0 Å². The third-order valence-corrected chi connectivity index (χ3v) is 4.41. The van der Waals surface area contributed by atoms with E-state index in [1.807, 2.05) is 18.2 Å². The van der Waals surface area contributed by atoms with Gasteiger partial charge in [-0.05, 0) is 54.7 Å². The topological polar surface area (TPSA) is 76.0 Å². The van der Waals surface area contributed by atoms with Crippen molar-refractivity contribution < 1.29 is 24.5 Å². The number of ether oxygens (including phenoxy) is 2. The number of fused-ring (bicyclic) bond motifs is 8.